The summed E-state index contributed by atoms with van der Waals surface area (Å²) in [5.74, 6) is -2.45. The molecule has 0 aliphatic rings. The van der Waals surface area contributed by atoms with Gasteiger partial charge in [-0.05, 0) is 64.0 Å². The van der Waals surface area contributed by atoms with E-state index in [-0.39, 0.29) is 0 Å². The van der Waals surface area contributed by atoms with E-state index in [0.29, 0.717) is 17.9 Å². The summed E-state index contributed by atoms with van der Waals surface area (Å²) in [4.78, 5) is 65.6. The Kier molecular flexibility index (Phi) is 13.6. The molecule has 1 aromatic rings. The Morgan fingerprint density at radius 2 is 1.60 bits per heavy atom. The molecule has 0 spiro atoms. The molecule has 11 heteroatoms. The molecule has 0 aromatic heterocycles. The lowest BCUT2D eigenvalue weighted by molar-refractivity contribution is -0.147. The zero-order valence-electron chi connectivity index (χ0n) is 25.0. The van der Waals surface area contributed by atoms with Crippen LogP contribution in [0.4, 0.5) is 4.79 Å². The second-order valence-electron chi connectivity index (χ2n) is 11.2. The van der Waals surface area contributed by atoms with Crippen molar-refractivity contribution in [3.63, 3.8) is 0 Å². The number of nitrogens with two attached hydrogens (primary N) is 1. The van der Waals surface area contributed by atoms with Crippen LogP contribution >= 0.6 is 0 Å². The van der Waals surface area contributed by atoms with Crippen molar-refractivity contribution in [2.45, 2.75) is 97.9 Å². The maximum atomic E-state index is 14.2. The number of amides is 4. The van der Waals surface area contributed by atoms with Crippen LogP contribution in [0.3, 0.4) is 0 Å². The lowest BCUT2D eigenvalue weighted by Gasteiger charge is -2.38. The number of methoxy groups -OCH3 is 1. The van der Waals surface area contributed by atoms with Crippen molar-refractivity contribution in [2.75, 3.05) is 13.7 Å². The number of aryl methyl sites for hydroxylation is 1. The van der Waals surface area contributed by atoms with Crippen molar-refractivity contribution >= 4 is 29.8 Å². The van der Waals surface area contributed by atoms with E-state index in [2.05, 4.69) is 15.4 Å². The van der Waals surface area contributed by atoms with Crippen molar-refractivity contribution in [1.29, 1.82) is 0 Å². The van der Waals surface area contributed by atoms with Gasteiger partial charge in [-0.3, -0.25) is 19.2 Å². The number of carbonyl (C=O) groups excluding carboxylic acids is 5. The fourth-order valence-corrected chi connectivity index (χ4v) is 4.05. The third kappa shape index (κ3) is 11.6. The second kappa shape index (κ2) is 15.8. The quantitative estimate of drug-likeness (QED) is 0.294. The molecular weight excluding hydrogens is 516 g/mol. The maximum absolute atomic E-state index is 14.2. The van der Waals surface area contributed by atoms with Gasteiger partial charge >= 0.3 is 12.1 Å². The van der Waals surface area contributed by atoms with Crippen LogP contribution in [-0.4, -0.2) is 66.0 Å². The first-order valence-corrected chi connectivity index (χ1v) is 13.6. The molecule has 1 aromatic carbocycles. The Labute approximate surface area is 237 Å². The molecule has 4 N–H and O–H groups in total. The van der Waals surface area contributed by atoms with E-state index in [1.807, 2.05) is 32.9 Å². The maximum Gasteiger partial charge on any atom is 0.408 e. The number of hydrogen-bond donors (Lipinski definition) is 3. The molecule has 0 radical (unpaired) electrons. The summed E-state index contributed by atoms with van der Waals surface area (Å²) < 4.78 is 9.97. The van der Waals surface area contributed by atoms with Crippen molar-refractivity contribution in [3.05, 3.63) is 35.4 Å². The number of rotatable bonds is 14. The van der Waals surface area contributed by atoms with Crippen LogP contribution in [0.2, 0.25) is 0 Å². The standard InChI is InChI=1S/C29H46N4O7/c1-9-20-12-14-21(15-13-20)25(26(36)31-17-24(35)39-8)33(19(4)11-10-18(2)3)27(37)22(16-23(30)34)32-28(38)40-29(5,6)7/h12-15,18-19,22,25H,9-11,16-17H2,1-8H3,(H2,30,34)(H,31,36)(H,32,38). The van der Waals surface area contributed by atoms with Crippen LogP contribution in [0.5, 0.6) is 0 Å². The van der Waals surface area contributed by atoms with Gasteiger partial charge in [0.15, 0.2) is 0 Å². The first-order chi connectivity index (χ1) is 18.6. The van der Waals surface area contributed by atoms with Gasteiger partial charge in [0.05, 0.1) is 13.5 Å². The molecule has 0 heterocycles. The number of benzene rings is 1. The third-order valence-electron chi connectivity index (χ3n) is 6.15. The fourth-order valence-electron chi connectivity index (χ4n) is 4.05. The second-order valence-corrected chi connectivity index (χ2v) is 11.2. The summed E-state index contributed by atoms with van der Waals surface area (Å²) in [5.41, 5.74) is 6.12. The smallest absolute Gasteiger partial charge is 0.408 e. The lowest BCUT2D eigenvalue weighted by atomic mass is 9.96. The summed E-state index contributed by atoms with van der Waals surface area (Å²) in [6.07, 6.45) is 0.647. The largest absolute Gasteiger partial charge is 0.468 e. The highest BCUT2D eigenvalue weighted by Gasteiger charge is 2.39. The number of hydrogen-bond acceptors (Lipinski definition) is 7. The molecule has 0 bridgehead atoms. The highest BCUT2D eigenvalue weighted by molar-refractivity contribution is 5.95. The van der Waals surface area contributed by atoms with Crippen LogP contribution < -0.4 is 16.4 Å². The van der Waals surface area contributed by atoms with Gasteiger partial charge in [-0.2, -0.15) is 0 Å². The van der Waals surface area contributed by atoms with Crippen LogP contribution in [0, 0.1) is 5.92 Å². The first-order valence-electron chi connectivity index (χ1n) is 13.6. The predicted molar refractivity (Wildman–Crippen MR) is 151 cm³/mol. The molecule has 0 aliphatic carbocycles. The number of primary amides is 1. The number of nitrogens with one attached hydrogen (secondary N) is 2. The van der Waals surface area contributed by atoms with E-state index in [0.717, 1.165) is 18.4 Å². The molecule has 1 rings (SSSR count). The van der Waals surface area contributed by atoms with E-state index in [1.54, 1.807) is 39.8 Å². The van der Waals surface area contributed by atoms with Gasteiger partial charge in [0.25, 0.3) is 0 Å². The highest BCUT2D eigenvalue weighted by Crippen LogP contribution is 2.28. The molecule has 11 nitrogen and oxygen atoms in total. The van der Waals surface area contributed by atoms with Crippen molar-refractivity contribution < 1.29 is 33.4 Å². The van der Waals surface area contributed by atoms with Crippen LogP contribution in [0.25, 0.3) is 0 Å². The molecule has 0 saturated carbocycles. The molecule has 0 saturated heterocycles. The SMILES string of the molecule is CCc1ccc(C(C(=O)NCC(=O)OC)N(C(=O)C(CC(N)=O)NC(=O)OC(C)(C)C)C(C)CCC(C)C)cc1. The molecule has 0 fully saturated rings. The third-order valence-corrected chi connectivity index (χ3v) is 6.15. The van der Waals surface area contributed by atoms with Gasteiger partial charge in [-0.1, -0.05) is 45.0 Å². The molecule has 4 amide bonds. The average molecular weight is 563 g/mol. The van der Waals surface area contributed by atoms with Crippen LogP contribution in [0.1, 0.15) is 84.9 Å². The van der Waals surface area contributed by atoms with Crippen molar-refractivity contribution in [3.8, 4) is 0 Å². The molecule has 3 unspecified atom stereocenters. The van der Waals surface area contributed by atoms with Gasteiger partial charge < -0.3 is 30.7 Å². The summed E-state index contributed by atoms with van der Waals surface area (Å²) in [6, 6.07) is 4.16. The molecule has 3 atom stereocenters. The van der Waals surface area contributed by atoms with Gasteiger partial charge in [0, 0.05) is 6.04 Å². The van der Waals surface area contributed by atoms with E-state index >= 15 is 0 Å². The number of alkyl carbamates (subject to hydrolysis) is 1. The lowest BCUT2D eigenvalue weighted by Crippen LogP contribution is -2.56. The fraction of sp³-hybridized carbons (Fsp3) is 0.621. The zero-order valence-corrected chi connectivity index (χ0v) is 25.0. The zero-order chi connectivity index (χ0) is 30.6. The Bertz CT molecular complexity index is 1020. The van der Waals surface area contributed by atoms with Crippen molar-refractivity contribution in [2.24, 2.45) is 11.7 Å². The van der Waals surface area contributed by atoms with Crippen LogP contribution in [0.15, 0.2) is 24.3 Å². The van der Waals surface area contributed by atoms with Gasteiger partial charge in [-0.15, -0.1) is 0 Å². The number of carbonyl (C=O) groups is 5. The predicted octanol–water partition coefficient (Wildman–Crippen LogP) is 3.00. The monoisotopic (exact) mass is 562 g/mol. The first kappa shape index (κ1) is 34.4. The molecular formula is C29H46N4O7. The minimum atomic E-state index is -1.39. The molecule has 224 valence electrons. The summed E-state index contributed by atoms with van der Waals surface area (Å²) in [5, 5.41) is 5.02. The van der Waals surface area contributed by atoms with Crippen molar-refractivity contribution in [1.82, 2.24) is 15.5 Å². The van der Waals surface area contributed by atoms with Crippen LogP contribution in [-0.2, 0) is 35.1 Å². The Morgan fingerprint density at radius 1 is 1.00 bits per heavy atom. The average Bonchev–Trinajstić information content (AvgIpc) is 2.86. The van der Waals surface area contributed by atoms with E-state index in [1.165, 1.54) is 12.0 Å². The molecule has 0 aliphatic heterocycles. The Hall–Kier alpha value is -3.63. The summed E-state index contributed by atoms with van der Waals surface area (Å²) >= 11 is 0. The van der Waals surface area contributed by atoms with E-state index in [9.17, 15) is 24.0 Å². The Morgan fingerprint density at radius 3 is 2.08 bits per heavy atom. The van der Waals surface area contributed by atoms with Gasteiger partial charge in [0.2, 0.25) is 17.7 Å². The number of esters is 1. The minimum Gasteiger partial charge on any atom is -0.468 e. The highest BCUT2D eigenvalue weighted by atomic mass is 16.6. The normalized spacial score (nSPS) is 13.5. The van der Waals surface area contributed by atoms with E-state index in [4.69, 9.17) is 10.5 Å². The van der Waals surface area contributed by atoms with Gasteiger partial charge in [-0.25, -0.2) is 4.79 Å². The van der Waals surface area contributed by atoms with E-state index < -0.39 is 66.5 Å². The van der Waals surface area contributed by atoms with Gasteiger partial charge in [0.1, 0.15) is 24.2 Å². The minimum absolute atomic E-state index is 0.316. The number of ether oxygens (including phenoxy) is 2. The number of nitrogens with zero attached hydrogens (tertiary/aromatic N) is 1. The molecule has 40 heavy (non-hydrogen) atoms. The summed E-state index contributed by atoms with van der Waals surface area (Å²) in [6.45, 7) is 12.5. The summed E-state index contributed by atoms with van der Waals surface area (Å²) in [7, 11) is 1.20. The Balaban J connectivity index is 3.65. The topological polar surface area (TPSA) is 157 Å².